The fraction of sp³-hybridized carbons (Fsp3) is 0.800. The molecule has 0 rings (SSSR count). The summed E-state index contributed by atoms with van der Waals surface area (Å²) in [5, 5.41) is 18.7. The predicted molar refractivity (Wildman–Crippen MR) is 49.5 cm³/mol. The molecule has 0 aliphatic rings. The number of rotatable bonds is 0. The van der Waals surface area contributed by atoms with E-state index in [-0.39, 0.29) is 5.41 Å². The van der Waals surface area contributed by atoms with E-state index in [1.54, 1.807) is 13.8 Å². The highest BCUT2D eigenvalue weighted by Gasteiger charge is 2.33. The van der Waals surface area contributed by atoms with Crippen LogP contribution in [0.25, 0.3) is 0 Å². The van der Waals surface area contributed by atoms with Gasteiger partial charge < -0.3 is 10.2 Å². The molecular weight excluding hydrogens is 152 g/mol. The van der Waals surface area contributed by atoms with Crippen molar-refractivity contribution in [3.63, 3.8) is 0 Å². The van der Waals surface area contributed by atoms with Gasteiger partial charge in [0.05, 0.1) is 0 Å². The van der Waals surface area contributed by atoms with Crippen LogP contribution < -0.4 is 0 Å². The van der Waals surface area contributed by atoms with Gasteiger partial charge in [0.1, 0.15) is 11.7 Å². The summed E-state index contributed by atoms with van der Waals surface area (Å²) in [7, 11) is 0. The van der Waals surface area contributed by atoms with Gasteiger partial charge in [-0.25, -0.2) is 0 Å². The molecule has 70 valence electrons. The van der Waals surface area contributed by atoms with E-state index in [1.165, 1.54) is 0 Å². The molecule has 0 aliphatic carbocycles. The highest BCUT2D eigenvalue weighted by Crippen LogP contribution is 2.28. The standard InChI is InChI=1S/C10H18O2/c1-8(11)6-7-10(5,12)9(2,3)4/h8,11-12H,1-5H3. The molecule has 0 fully saturated rings. The van der Waals surface area contributed by atoms with Crippen LogP contribution >= 0.6 is 0 Å². The van der Waals surface area contributed by atoms with Crippen molar-refractivity contribution in [1.82, 2.24) is 0 Å². The molecule has 12 heavy (non-hydrogen) atoms. The zero-order chi connectivity index (χ0) is 9.99. The molecule has 2 atom stereocenters. The van der Waals surface area contributed by atoms with Gasteiger partial charge in [-0.3, -0.25) is 0 Å². The van der Waals surface area contributed by atoms with Gasteiger partial charge in [-0.2, -0.15) is 0 Å². The average Bonchev–Trinajstić information content (AvgIpc) is 1.81. The third kappa shape index (κ3) is 3.25. The second kappa shape index (κ2) is 3.47. The van der Waals surface area contributed by atoms with Crippen molar-refractivity contribution >= 4 is 0 Å². The van der Waals surface area contributed by atoms with Gasteiger partial charge in [-0.15, -0.1) is 0 Å². The van der Waals surface area contributed by atoms with Crippen LogP contribution in [0.5, 0.6) is 0 Å². The highest BCUT2D eigenvalue weighted by molar-refractivity contribution is 5.17. The summed E-state index contributed by atoms with van der Waals surface area (Å²) in [6, 6.07) is 0. The van der Waals surface area contributed by atoms with Crippen LogP contribution in [-0.2, 0) is 0 Å². The highest BCUT2D eigenvalue weighted by atomic mass is 16.3. The van der Waals surface area contributed by atoms with Crippen molar-refractivity contribution in [2.24, 2.45) is 5.41 Å². The smallest absolute Gasteiger partial charge is 0.127 e. The Kier molecular flexibility index (Phi) is 3.32. The molecule has 2 nitrogen and oxygen atoms in total. The average molecular weight is 170 g/mol. The monoisotopic (exact) mass is 170 g/mol. The first-order chi connectivity index (χ1) is 5.17. The van der Waals surface area contributed by atoms with Crippen molar-refractivity contribution in [3.05, 3.63) is 0 Å². The second-order valence-electron chi connectivity index (χ2n) is 4.27. The van der Waals surface area contributed by atoms with E-state index in [0.29, 0.717) is 0 Å². The van der Waals surface area contributed by atoms with Crippen molar-refractivity contribution in [1.29, 1.82) is 0 Å². The van der Waals surface area contributed by atoms with Crippen molar-refractivity contribution in [2.75, 3.05) is 0 Å². The summed E-state index contributed by atoms with van der Waals surface area (Å²) in [5.41, 5.74) is -1.35. The maximum absolute atomic E-state index is 9.82. The number of aliphatic hydroxyl groups is 2. The van der Waals surface area contributed by atoms with Gasteiger partial charge in [-0.05, 0) is 13.8 Å². The Labute approximate surface area is 74.6 Å². The van der Waals surface area contributed by atoms with Crippen LogP contribution in [0.2, 0.25) is 0 Å². The molecule has 0 saturated carbocycles. The Morgan fingerprint density at radius 3 is 1.83 bits per heavy atom. The van der Waals surface area contributed by atoms with Crippen LogP contribution in [0, 0.1) is 17.3 Å². The van der Waals surface area contributed by atoms with Gasteiger partial charge in [0.2, 0.25) is 0 Å². The minimum absolute atomic E-state index is 0.297. The lowest BCUT2D eigenvalue weighted by Gasteiger charge is -2.32. The van der Waals surface area contributed by atoms with Gasteiger partial charge in [0.25, 0.3) is 0 Å². The lowest BCUT2D eigenvalue weighted by molar-refractivity contribution is 0.0125. The van der Waals surface area contributed by atoms with E-state index in [2.05, 4.69) is 11.8 Å². The van der Waals surface area contributed by atoms with Crippen molar-refractivity contribution < 1.29 is 10.2 Å². The molecule has 0 spiro atoms. The maximum Gasteiger partial charge on any atom is 0.127 e. The fourth-order valence-corrected chi connectivity index (χ4v) is 0.432. The molecule has 0 aliphatic heterocycles. The summed E-state index contributed by atoms with van der Waals surface area (Å²) in [6.07, 6.45) is -0.682. The van der Waals surface area contributed by atoms with Crippen molar-refractivity contribution in [3.8, 4) is 11.8 Å². The first-order valence-corrected chi connectivity index (χ1v) is 4.10. The molecule has 2 unspecified atom stereocenters. The summed E-state index contributed by atoms with van der Waals surface area (Å²) in [4.78, 5) is 0. The Bertz CT molecular complexity index is 198. The maximum atomic E-state index is 9.82. The molecule has 0 aromatic heterocycles. The predicted octanol–water partition coefficient (Wildman–Crippen LogP) is 1.17. The van der Waals surface area contributed by atoms with E-state index in [4.69, 9.17) is 5.11 Å². The molecule has 0 aromatic rings. The van der Waals surface area contributed by atoms with E-state index in [0.717, 1.165) is 0 Å². The summed E-state index contributed by atoms with van der Waals surface area (Å²) in [5.74, 6) is 5.20. The number of hydrogen-bond acceptors (Lipinski definition) is 2. The first kappa shape index (κ1) is 11.5. The molecule has 2 N–H and O–H groups in total. The molecule has 0 amide bonds. The number of hydrogen-bond donors (Lipinski definition) is 2. The normalized spacial score (nSPS) is 18.9. The summed E-state index contributed by atoms with van der Waals surface area (Å²) < 4.78 is 0. The molecule has 0 heterocycles. The minimum Gasteiger partial charge on any atom is -0.381 e. The Balaban J connectivity index is 4.57. The van der Waals surface area contributed by atoms with E-state index in [9.17, 15) is 5.11 Å². The molecule has 0 radical (unpaired) electrons. The van der Waals surface area contributed by atoms with E-state index in [1.807, 2.05) is 20.8 Å². The first-order valence-electron chi connectivity index (χ1n) is 4.10. The fourth-order valence-electron chi connectivity index (χ4n) is 0.432. The van der Waals surface area contributed by atoms with Crippen LogP contribution in [-0.4, -0.2) is 21.9 Å². The molecular formula is C10H18O2. The van der Waals surface area contributed by atoms with E-state index >= 15 is 0 Å². The van der Waals surface area contributed by atoms with Crippen molar-refractivity contribution in [2.45, 2.75) is 46.3 Å². The Hall–Kier alpha value is -0.520. The van der Waals surface area contributed by atoms with Crippen LogP contribution in [0.15, 0.2) is 0 Å². The third-order valence-corrected chi connectivity index (χ3v) is 1.98. The molecule has 0 saturated heterocycles. The van der Waals surface area contributed by atoms with Crippen LogP contribution in [0.4, 0.5) is 0 Å². The quantitative estimate of drug-likeness (QED) is 0.536. The zero-order valence-electron chi connectivity index (χ0n) is 8.47. The van der Waals surface area contributed by atoms with Crippen LogP contribution in [0.1, 0.15) is 34.6 Å². The molecule has 0 bridgehead atoms. The summed E-state index contributed by atoms with van der Waals surface area (Å²) >= 11 is 0. The summed E-state index contributed by atoms with van der Waals surface area (Å²) in [6.45, 7) is 8.95. The van der Waals surface area contributed by atoms with Gasteiger partial charge in [0.15, 0.2) is 0 Å². The zero-order valence-corrected chi connectivity index (χ0v) is 8.47. The van der Waals surface area contributed by atoms with E-state index < -0.39 is 11.7 Å². The lowest BCUT2D eigenvalue weighted by atomic mass is 9.78. The number of aliphatic hydroxyl groups excluding tert-OH is 1. The van der Waals surface area contributed by atoms with Gasteiger partial charge in [-0.1, -0.05) is 32.6 Å². The minimum atomic E-state index is -1.05. The largest absolute Gasteiger partial charge is 0.381 e. The second-order valence-corrected chi connectivity index (χ2v) is 4.27. The lowest BCUT2D eigenvalue weighted by Crippen LogP contribution is -2.38. The molecule has 2 heteroatoms. The van der Waals surface area contributed by atoms with Crippen LogP contribution in [0.3, 0.4) is 0 Å². The van der Waals surface area contributed by atoms with Gasteiger partial charge in [0, 0.05) is 5.41 Å². The SMILES string of the molecule is CC(O)C#CC(C)(O)C(C)(C)C. The Morgan fingerprint density at radius 2 is 1.58 bits per heavy atom. The third-order valence-electron chi connectivity index (χ3n) is 1.98. The van der Waals surface area contributed by atoms with Gasteiger partial charge >= 0.3 is 0 Å². The Morgan fingerprint density at radius 1 is 1.17 bits per heavy atom. The molecule has 0 aromatic carbocycles. The topological polar surface area (TPSA) is 40.5 Å².